The first-order valence-electron chi connectivity index (χ1n) is 21.8. The Morgan fingerprint density at radius 2 is 0.871 bits per heavy atom. The average molecular weight is 788 g/mol. The summed E-state index contributed by atoms with van der Waals surface area (Å²) in [6, 6.07) is 83.8. The van der Waals surface area contributed by atoms with E-state index in [9.17, 15) is 0 Å². The summed E-state index contributed by atoms with van der Waals surface area (Å²) in [5, 5.41) is 7.53. The molecule has 0 fully saturated rings. The molecule has 2 aliphatic carbocycles. The molecule has 0 saturated heterocycles. The van der Waals surface area contributed by atoms with Crippen molar-refractivity contribution in [3.63, 3.8) is 0 Å². The second-order valence-corrected chi connectivity index (χ2v) is 17.2. The highest BCUT2D eigenvalue weighted by atomic mass is 15.0. The number of aromatic nitrogens is 1. The van der Waals surface area contributed by atoms with E-state index < -0.39 is 0 Å². The Kier molecular flexibility index (Phi) is 7.71. The van der Waals surface area contributed by atoms with Gasteiger partial charge in [-0.25, -0.2) is 0 Å². The van der Waals surface area contributed by atoms with Gasteiger partial charge in [-0.05, 0) is 142 Å². The molecule has 0 atom stereocenters. The maximum Gasteiger partial charge on any atom is 0.0535 e. The number of hydrogen-bond acceptors (Lipinski definition) is 0. The van der Waals surface area contributed by atoms with Gasteiger partial charge in [0.1, 0.15) is 0 Å². The molecule has 10 aromatic carbocycles. The third kappa shape index (κ3) is 5.15. The predicted molar refractivity (Wildman–Crippen MR) is 260 cm³/mol. The second-order valence-electron chi connectivity index (χ2n) is 17.2. The van der Waals surface area contributed by atoms with Gasteiger partial charge < -0.3 is 4.57 Å². The Hall–Kier alpha value is -7.74. The van der Waals surface area contributed by atoms with Gasteiger partial charge in [-0.2, -0.15) is 0 Å². The Bertz CT molecular complexity index is 3480. The minimum atomic E-state index is -0.106. The quantitative estimate of drug-likeness (QED) is 0.153. The predicted octanol–water partition coefficient (Wildman–Crippen LogP) is 15.7. The van der Waals surface area contributed by atoms with E-state index in [0.717, 1.165) is 18.5 Å². The summed E-state index contributed by atoms with van der Waals surface area (Å²) in [6.45, 7) is 0. The van der Waals surface area contributed by atoms with Gasteiger partial charge in [0.25, 0.3) is 0 Å². The summed E-state index contributed by atoms with van der Waals surface area (Å²) in [6.07, 6.45) is 2.03. The zero-order chi connectivity index (χ0) is 40.8. The molecule has 290 valence electrons. The summed E-state index contributed by atoms with van der Waals surface area (Å²) in [7, 11) is 0. The Morgan fingerprint density at radius 1 is 0.323 bits per heavy atom. The molecule has 0 N–H and O–H groups in total. The molecule has 0 amide bonds. The fraction of sp³-hybridized carbons (Fsp3) is 0.0492. The van der Waals surface area contributed by atoms with Crippen molar-refractivity contribution in [3.05, 3.63) is 247 Å². The first-order chi connectivity index (χ1) is 30.7. The molecule has 1 nitrogen and oxygen atoms in total. The van der Waals surface area contributed by atoms with Crippen LogP contribution in [0.2, 0.25) is 0 Å². The van der Waals surface area contributed by atoms with E-state index >= 15 is 0 Å². The largest absolute Gasteiger partial charge is 0.309 e. The van der Waals surface area contributed by atoms with Gasteiger partial charge in [-0.3, -0.25) is 0 Å². The fourth-order valence-corrected chi connectivity index (χ4v) is 11.3. The molecular formula is C61H41N. The lowest BCUT2D eigenvalue weighted by atomic mass is 9.75. The number of hydrogen-bond donors (Lipinski definition) is 0. The number of nitrogens with zero attached hydrogens (tertiary/aromatic N) is 1. The molecule has 1 spiro atoms. The maximum atomic E-state index is 2.58. The molecule has 1 heteroatoms. The molecule has 0 saturated carbocycles. The molecular weight excluding hydrogens is 747 g/mol. The van der Waals surface area contributed by atoms with E-state index in [0.29, 0.717) is 0 Å². The van der Waals surface area contributed by atoms with Crippen molar-refractivity contribution in [2.45, 2.75) is 18.3 Å². The van der Waals surface area contributed by atoms with Gasteiger partial charge >= 0.3 is 0 Å². The summed E-state index contributed by atoms with van der Waals surface area (Å²) < 4.78 is 2.46. The van der Waals surface area contributed by atoms with Crippen LogP contribution in [0.1, 0.15) is 22.3 Å². The first-order valence-corrected chi connectivity index (χ1v) is 21.8. The van der Waals surface area contributed by atoms with Crippen LogP contribution in [0.25, 0.3) is 93.9 Å². The van der Waals surface area contributed by atoms with Crippen LogP contribution in [0.4, 0.5) is 0 Å². The van der Waals surface area contributed by atoms with Gasteiger partial charge in [-0.1, -0.05) is 194 Å². The SMILES string of the molecule is c1ccc(-c2ccc(-c3ccccc3)n2-c2ccc3c(-c4cccc5ccccc45)c4ccccc4c(-c4ccc5c(c4)C4(Cc6ccccc6C4)c4ccccc4-5)c3c2)cc1. The minimum absolute atomic E-state index is 0.106. The van der Waals surface area contributed by atoms with Crippen molar-refractivity contribution < 1.29 is 0 Å². The summed E-state index contributed by atoms with van der Waals surface area (Å²) >= 11 is 0. The van der Waals surface area contributed by atoms with Gasteiger partial charge in [0.15, 0.2) is 0 Å². The topological polar surface area (TPSA) is 4.93 Å². The number of benzene rings is 10. The van der Waals surface area contributed by atoms with E-state index in [2.05, 4.69) is 229 Å². The summed E-state index contributed by atoms with van der Waals surface area (Å²) in [4.78, 5) is 0. The standard InChI is InChI=1S/C61H41N/c1-3-17-41(18-4-1)57-34-35-58(42-19-5-2-6-20-42)62(57)46-31-33-53-54(37-46)59(51-26-11-12-27-52(51)60(53)50-28-15-23-40-16-9-10-24-47(40)50)43-30-32-49-48-25-13-14-29-55(48)61(56(49)36-43)38-44-21-7-8-22-45(44)39-61/h1-37H,38-39H2. The average Bonchev–Trinajstić information content (AvgIpc) is 4.04. The highest BCUT2D eigenvalue weighted by Gasteiger charge is 2.47. The van der Waals surface area contributed by atoms with Crippen LogP contribution in [0, 0.1) is 0 Å². The Labute approximate surface area is 361 Å². The smallest absolute Gasteiger partial charge is 0.0535 e. The third-order valence-electron chi connectivity index (χ3n) is 14.0. The number of fused-ring (bicyclic) bond motifs is 9. The fourth-order valence-electron chi connectivity index (χ4n) is 11.3. The number of rotatable bonds is 5. The van der Waals surface area contributed by atoms with Crippen molar-refractivity contribution in [3.8, 4) is 61.6 Å². The molecule has 2 aliphatic rings. The van der Waals surface area contributed by atoms with Crippen LogP contribution in [-0.4, -0.2) is 4.57 Å². The van der Waals surface area contributed by atoms with E-state index in [1.54, 1.807) is 0 Å². The lowest BCUT2D eigenvalue weighted by molar-refractivity contribution is 0.564. The van der Waals surface area contributed by atoms with Crippen LogP contribution in [0.5, 0.6) is 0 Å². The molecule has 13 rings (SSSR count). The van der Waals surface area contributed by atoms with Crippen molar-refractivity contribution in [1.29, 1.82) is 0 Å². The highest BCUT2D eigenvalue weighted by molar-refractivity contribution is 6.24. The van der Waals surface area contributed by atoms with Gasteiger partial charge in [-0.15, -0.1) is 0 Å². The zero-order valence-electron chi connectivity index (χ0n) is 34.2. The lowest BCUT2D eigenvalue weighted by Crippen LogP contribution is -2.25. The van der Waals surface area contributed by atoms with E-state index in [-0.39, 0.29) is 5.41 Å². The van der Waals surface area contributed by atoms with Crippen LogP contribution in [0.3, 0.4) is 0 Å². The minimum Gasteiger partial charge on any atom is -0.309 e. The van der Waals surface area contributed by atoms with Crippen LogP contribution < -0.4 is 0 Å². The van der Waals surface area contributed by atoms with Gasteiger partial charge in [0, 0.05) is 11.1 Å². The van der Waals surface area contributed by atoms with Gasteiger partial charge in [0.05, 0.1) is 11.4 Å². The van der Waals surface area contributed by atoms with Crippen molar-refractivity contribution in [1.82, 2.24) is 4.57 Å². The first kappa shape index (κ1) is 35.1. The Morgan fingerprint density at radius 3 is 1.60 bits per heavy atom. The van der Waals surface area contributed by atoms with Crippen LogP contribution in [0.15, 0.2) is 224 Å². The second kappa shape index (κ2) is 13.6. The molecule has 1 aromatic heterocycles. The Balaban J connectivity index is 1.13. The molecule has 0 bridgehead atoms. The zero-order valence-corrected chi connectivity index (χ0v) is 34.2. The normalized spacial score (nSPS) is 13.5. The van der Waals surface area contributed by atoms with Gasteiger partial charge in [0.2, 0.25) is 0 Å². The van der Waals surface area contributed by atoms with E-state index in [4.69, 9.17) is 0 Å². The maximum absolute atomic E-state index is 2.58. The molecule has 0 aliphatic heterocycles. The highest BCUT2D eigenvalue weighted by Crippen LogP contribution is 2.57. The molecule has 62 heavy (non-hydrogen) atoms. The van der Waals surface area contributed by atoms with E-state index in [1.807, 2.05) is 0 Å². The molecule has 0 radical (unpaired) electrons. The van der Waals surface area contributed by atoms with Crippen molar-refractivity contribution in [2.24, 2.45) is 0 Å². The summed E-state index contributed by atoms with van der Waals surface area (Å²) in [5.74, 6) is 0. The van der Waals surface area contributed by atoms with Crippen LogP contribution >= 0.6 is 0 Å². The monoisotopic (exact) mass is 787 g/mol. The van der Waals surface area contributed by atoms with Crippen molar-refractivity contribution >= 4 is 32.3 Å². The van der Waals surface area contributed by atoms with Crippen LogP contribution in [-0.2, 0) is 18.3 Å². The molecule has 0 unspecified atom stereocenters. The summed E-state index contributed by atoms with van der Waals surface area (Å²) in [5.41, 5.74) is 19.4. The van der Waals surface area contributed by atoms with E-state index in [1.165, 1.54) is 110 Å². The molecule has 1 heterocycles. The lowest BCUT2D eigenvalue weighted by Gasteiger charge is -2.27. The third-order valence-corrected chi connectivity index (χ3v) is 14.0. The van der Waals surface area contributed by atoms with Crippen molar-refractivity contribution in [2.75, 3.05) is 0 Å². The molecule has 11 aromatic rings.